The van der Waals surface area contributed by atoms with E-state index >= 15 is 0 Å². The number of carbonyl (C=O) groups is 2. The van der Waals surface area contributed by atoms with Gasteiger partial charge in [0.2, 0.25) is 0 Å². The molecule has 0 saturated carbocycles. The van der Waals surface area contributed by atoms with Crippen molar-refractivity contribution in [1.82, 2.24) is 4.98 Å². The van der Waals surface area contributed by atoms with E-state index in [1.165, 1.54) is 18.3 Å². The first kappa shape index (κ1) is 21.1. The molecule has 0 bridgehead atoms. The van der Waals surface area contributed by atoms with Crippen LogP contribution in [0.3, 0.4) is 0 Å². The number of amides is 1. The maximum Gasteiger partial charge on any atom is 0.418 e. The Balaban J connectivity index is 2.19. The number of nitro groups is 1. The summed E-state index contributed by atoms with van der Waals surface area (Å²) in [4.78, 5) is 37.5. The highest BCUT2D eigenvalue weighted by Crippen LogP contribution is 2.37. The number of ether oxygens (including phenoxy) is 1. The number of carbonyl (C=O) groups excluding carboxylic acids is 2. The minimum absolute atomic E-state index is 0.130. The summed E-state index contributed by atoms with van der Waals surface area (Å²) in [7, 11) is 0. The molecule has 0 aliphatic rings. The lowest BCUT2D eigenvalue weighted by atomic mass is 10.1. The van der Waals surface area contributed by atoms with Gasteiger partial charge in [-0.25, -0.2) is 9.78 Å². The zero-order valence-electron chi connectivity index (χ0n) is 14.0. The van der Waals surface area contributed by atoms with Crippen molar-refractivity contribution >= 4 is 34.9 Å². The molecule has 0 aliphatic heterocycles. The van der Waals surface area contributed by atoms with Gasteiger partial charge in [0.25, 0.3) is 11.6 Å². The van der Waals surface area contributed by atoms with Crippen molar-refractivity contribution in [2.24, 2.45) is 0 Å². The van der Waals surface area contributed by atoms with Gasteiger partial charge in [0.1, 0.15) is 5.15 Å². The van der Waals surface area contributed by atoms with E-state index in [-0.39, 0.29) is 10.7 Å². The molecule has 1 atom stereocenters. The van der Waals surface area contributed by atoms with Crippen LogP contribution in [0.4, 0.5) is 24.5 Å². The molecule has 1 heterocycles. The second-order valence-electron chi connectivity index (χ2n) is 5.36. The van der Waals surface area contributed by atoms with Gasteiger partial charge < -0.3 is 10.1 Å². The van der Waals surface area contributed by atoms with Gasteiger partial charge in [0.15, 0.2) is 6.10 Å². The molecule has 12 heteroatoms. The summed E-state index contributed by atoms with van der Waals surface area (Å²) in [6, 6.07) is 4.53. The molecule has 148 valence electrons. The van der Waals surface area contributed by atoms with Crippen molar-refractivity contribution in [2.45, 2.75) is 19.2 Å². The molecule has 28 heavy (non-hydrogen) atoms. The fourth-order valence-electron chi connectivity index (χ4n) is 2.04. The minimum Gasteiger partial charge on any atom is -0.449 e. The third kappa shape index (κ3) is 4.94. The van der Waals surface area contributed by atoms with Crippen molar-refractivity contribution < 1.29 is 32.4 Å². The summed E-state index contributed by atoms with van der Waals surface area (Å²) >= 11 is 5.73. The van der Waals surface area contributed by atoms with Crippen LogP contribution in [0.5, 0.6) is 0 Å². The number of benzene rings is 1. The summed E-state index contributed by atoms with van der Waals surface area (Å²) in [6.07, 6.45) is -5.12. The number of nitrogens with one attached hydrogen (secondary N) is 1. The van der Waals surface area contributed by atoms with E-state index in [0.29, 0.717) is 6.07 Å². The SMILES string of the molecule is CC(OC(=O)c1cccnc1Cl)C(=O)Nc1ccc([N+](=O)[O-])cc1C(F)(F)F. The lowest BCUT2D eigenvalue weighted by Crippen LogP contribution is -2.31. The quantitative estimate of drug-likeness (QED) is 0.342. The maximum absolute atomic E-state index is 13.1. The number of hydrogen-bond donors (Lipinski definition) is 1. The maximum atomic E-state index is 13.1. The standard InChI is InChI=1S/C16H11ClF3N3O5/c1-8(28-15(25)10-3-2-6-21-13(10)17)14(24)22-12-5-4-9(23(26)27)7-11(12)16(18,19)20/h2-8H,1H3,(H,22,24). The van der Waals surface area contributed by atoms with E-state index in [0.717, 1.165) is 19.1 Å². The summed E-state index contributed by atoms with van der Waals surface area (Å²) in [5.41, 5.74) is -3.06. The molecule has 0 fully saturated rings. The Kier molecular flexibility index (Phi) is 6.19. The normalized spacial score (nSPS) is 12.2. The lowest BCUT2D eigenvalue weighted by molar-refractivity contribution is -0.385. The first-order valence-electron chi connectivity index (χ1n) is 7.48. The van der Waals surface area contributed by atoms with E-state index in [4.69, 9.17) is 16.3 Å². The Hall–Kier alpha value is -3.21. The predicted molar refractivity (Wildman–Crippen MR) is 90.9 cm³/mol. The third-order valence-electron chi connectivity index (χ3n) is 3.41. The Bertz CT molecular complexity index is 936. The topological polar surface area (TPSA) is 111 Å². The van der Waals surface area contributed by atoms with Crippen LogP contribution in [-0.4, -0.2) is 27.9 Å². The smallest absolute Gasteiger partial charge is 0.418 e. The van der Waals surface area contributed by atoms with E-state index in [2.05, 4.69) is 4.98 Å². The van der Waals surface area contributed by atoms with Crippen LogP contribution >= 0.6 is 11.6 Å². The van der Waals surface area contributed by atoms with E-state index in [9.17, 15) is 32.9 Å². The molecule has 0 aliphatic carbocycles. The Morgan fingerprint density at radius 1 is 1.32 bits per heavy atom. The molecule has 2 rings (SSSR count). The molecular formula is C16H11ClF3N3O5. The van der Waals surface area contributed by atoms with E-state index in [1.807, 2.05) is 5.32 Å². The highest BCUT2D eigenvalue weighted by molar-refractivity contribution is 6.32. The van der Waals surface area contributed by atoms with Crippen molar-refractivity contribution in [2.75, 3.05) is 5.32 Å². The van der Waals surface area contributed by atoms with Gasteiger partial charge in [-0.05, 0) is 25.1 Å². The Morgan fingerprint density at radius 2 is 2.00 bits per heavy atom. The van der Waals surface area contributed by atoms with Crippen molar-refractivity contribution in [3.63, 3.8) is 0 Å². The van der Waals surface area contributed by atoms with E-state index < -0.39 is 46.0 Å². The summed E-state index contributed by atoms with van der Waals surface area (Å²) in [6.45, 7) is 1.14. The number of nitrogens with zero attached hydrogens (tertiary/aromatic N) is 2. The molecular weight excluding hydrogens is 407 g/mol. The number of hydrogen-bond acceptors (Lipinski definition) is 6. The van der Waals surface area contributed by atoms with Crippen LogP contribution in [-0.2, 0) is 15.7 Å². The van der Waals surface area contributed by atoms with Crippen LogP contribution in [0, 0.1) is 10.1 Å². The van der Waals surface area contributed by atoms with Gasteiger partial charge in [-0.3, -0.25) is 14.9 Å². The molecule has 1 aromatic heterocycles. The van der Waals surface area contributed by atoms with Crippen LogP contribution < -0.4 is 5.32 Å². The second-order valence-corrected chi connectivity index (χ2v) is 5.72. The van der Waals surface area contributed by atoms with Crippen molar-refractivity contribution in [3.8, 4) is 0 Å². The average molecular weight is 418 g/mol. The number of nitro benzene ring substituents is 1. The van der Waals surface area contributed by atoms with Gasteiger partial charge >= 0.3 is 12.1 Å². The minimum atomic E-state index is -4.96. The van der Waals surface area contributed by atoms with Gasteiger partial charge in [-0.1, -0.05) is 11.6 Å². The largest absolute Gasteiger partial charge is 0.449 e. The van der Waals surface area contributed by atoms with Crippen molar-refractivity contribution in [1.29, 1.82) is 0 Å². The number of pyridine rings is 1. The third-order valence-corrected chi connectivity index (χ3v) is 3.71. The summed E-state index contributed by atoms with van der Waals surface area (Å²) in [5, 5.41) is 12.5. The molecule has 1 amide bonds. The van der Waals surface area contributed by atoms with Gasteiger partial charge in [0, 0.05) is 18.3 Å². The van der Waals surface area contributed by atoms with Crippen LogP contribution in [0.1, 0.15) is 22.8 Å². The predicted octanol–water partition coefficient (Wildman–Crippen LogP) is 3.85. The number of aromatic nitrogens is 1. The molecule has 8 nitrogen and oxygen atoms in total. The average Bonchev–Trinajstić information content (AvgIpc) is 2.61. The number of esters is 1. The van der Waals surface area contributed by atoms with Gasteiger partial charge in [0.05, 0.1) is 21.7 Å². The monoisotopic (exact) mass is 417 g/mol. The molecule has 1 N–H and O–H groups in total. The van der Waals surface area contributed by atoms with Crippen LogP contribution in [0.2, 0.25) is 5.15 Å². The number of alkyl halides is 3. The Morgan fingerprint density at radius 3 is 2.57 bits per heavy atom. The van der Waals surface area contributed by atoms with Gasteiger partial charge in [-0.2, -0.15) is 13.2 Å². The fraction of sp³-hybridized carbons (Fsp3) is 0.188. The molecule has 0 radical (unpaired) electrons. The zero-order valence-corrected chi connectivity index (χ0v) is 14.7. The first-order valence-corrected chi connectivity index (χ1v) is 7.86. The van der Waals surface area contributed by atoms with E-state index in [1.54, 1.807) is 0 Å². The lowest BCUT2D eigenvalue weighted by Gasteiger charge is -2.17. The second kappa shape index (κ2) is 8.21. The molecule has 1 unspecified atom stereocenters. The number of halogens is 4. The number of anilines is 1. The zero-order chi connectivity index (χ0) is 21.1. The number of non-ortho nitro benzene ring substituents is 1. The fourth-order valence-corrected chi connectivity index (χ4v) is 2.24. The molecule has 0 spiro atoms. The van der Waals surface area contributed by atoms with Crippen LogP contribution in [0.25, 0.3) is 0 Å². The molecule has 2 aromatic rings. The highest BCUT2D eigenvalue weighted by atomic mass is 35.5. The summed E-state index contributed by atoms with van der Waals surface area (Å²) in [5.74, 6) is -2.08. The van der Waals surface area contributed by atoms with Crippen molar-refractivity contribution in [3.05, 3.63) is 62.9 Å². The highest BCUT2D eigenvalue weighted by Gasteiger charge is 2.36. The summed E-state index contributed by atoms with van der Waals surface area (Å²) < 4.78 is 44.3. The van der Waals surface area contributed by atoms with Gasteiger partial charge in [-0.15, -0.1) is 0 Å². The first-order chi connectivity index (χ1) is 13.0. The Labute approximate surface area is 160 Å². The molecule has 0 saturated heterocycles. The number of rotatable bonds is 5. The van der Waals surface area contributed by atoms with Crippen LogP contribution in [0.15, 0.2) is 36.5 Å². The molecule has 1 aromatic carbocycles.